The molecule has 0 N–H and O–H groups in total. The molecule has 2 fully saturated rings. The normalized spacial score (nSPS) is 23.1. The Bertz CT molecular complexity index is 2850. The van der Waals surface area contributed by atoms with Crippen molar-refractivity contribution < 1.29 is 61.8 Å². The summed E-state index contributed by atoms with van der Waals surface area (Å²) in [5.74, 6) is -1.66. The number of carbonyl (C=O) groups is 3. The van der Waals surface area contributed by atoms with Crippen LogP contribution in [-0.4, -0.2) is 97.4 Å². The van der Waals surface area contributed by atoms with Crippen LogP contribution in [0.15, 0.2) is 212 Å². The predicted octanol–water partition coefficient (Wildman–Crippen LogP) is 10.9. The maximum atomic E-state index is 14.3. The van der Waals surface area contributed by atoms with E-state index in [1.54, 1.807) is 91.0 Å². The number of rotatable bonds is 24. The smallest absolute Gasteiger partial charge is 0.338 e. The molecule has 0 amide bonds. The number of hydrogen-bond acceptors (Lipinski definition) is 14. The van der Waals surface area contributed by atoms with E-state index in [1.165, 1.54) is 11.8 Å². The minimum Gasteiger partial charge on any atom is -0.452 e. The van der Waals surface area contributed by atoms with Gasteiger partial charge in [-0.05, 0) is 64.4 Å². The van der Waals surface area contributed by atoms with Crippen molar-refractivity contribution in [1.29, 1.82) is 0 Å². The molecule has 0 unspecified atom stereocenters. The molecule has 77 heavy (non-hydrogen) atoms. The van der Waals surface area contributed by atoms with Gasteiger partial charge in [0.05, 0.1) is 56.3 Å². The molecular weight excluding hydrogens is 997 g/mol. The van der Waals surface area contributed by atoms with E-state index < -0.39 is 78.5 Å². The molecule has 10 atom stereocenters. The molecule has 7 aromatic rings. The zero-order chi connectivity index (χ0) is 53.0. The van der Waals surface area contributed by atoms with Crippen LogP contribution in [0.4, 0.5) is 0 Å². The minimum atomic E-state index is -1.41. The fourth-order valence-corrected chi connectivity index (χ4v) is 10.0. The van der Waals surface area contributed by atoms with Crippen molar-refractivity contribution in [2.75, 3.05) is 19.0 Å². The Morgan fingerprint density at radius 3 is 1.18 bits per heavy atom. The predicted molar refractivity (Wildman–Crippen MR) is 289 cm³/mol. The van der Waals surface area contributed by atoms with Gasteiger partial charge in [-0.2, -0.15) is 0 Å². The molecule has 13 nitrogen and oxygen atoms in total. The molecule has 9 rings (SSSR count). The average Bonchev–Trinajstić information content (AvgIpc) is 3.48. The van der Waals surface area contributed by atoms with Crippen molar-refractivity contribution in [2.24, 2.45) is 0 Å². The number of ether oxygens (including phenoxy) is 10. The van der Waals surface area contributed by atoms with Gasteiger partial charge in [0.1, 0.15) is 36.0 Å². The number of benzene rings is 7. The summed E-state index contributed by atoms with van der Waals surface area (Å²) in [6.07, 6.45) is -9.77. The maximum Gasteiger partial charge on any atom is 0.338 e. The quantitative estimate of drug-likeness (QED) is 0.0418. The van der Waals surface area contributed by atoms with Crippen LogP contribution in [0.1, 0.15) is 60.3 Å². The Morgan fingerprint density at radius 1 is 0.377 bits per heavy atom. The van der Waals surface area contributed by atoms with Gasteiger partial charge in [-0.3, -0.25) is 0 Å². The summed E-state index contributed by atoms with van der Waals surface area (Å²) in [5, 5.41) is 0. The van der Waals surface area contributed by atoms with Crippen LogP contribution in [0.25, 0.3) is 0 Å². The van der Waals surface area contributed by atoms with Gasteiger partial charge < -0.3 is 47.4 Å². The highest BCUT2D eigenvalue weighted by Gasteiger charge is 2.54. The summed E-state index contributed by atoms with van der Waals surface area (Å²) < 4.78 is 67.2. The van der Waals surface area contributed by atoms with Crippen molar-refractivity contribution in [2.45, 2.75) is 93.9 Å². The molecular formula is C63H62O13S. The first-order valence-electron chi connectivity index (χ1n) is 25.8. The SMILES string of the molecule is CCS[C@H]1O[C@H](CO[C@@H]2O[C@H](COCc3ccccc3)[C@@H](OCc3ccccc3)[C@H](OCc3ccccc3)[C@H]2OCc2ccccc2)[C@@H](OC(=O)c2ccccc2)[C@H](OC(=O)c2ccccc2)[C@H]1OC(=O)c1ccccc1. The highest BCUT2D eigenvalue weighted by Crippen LogP contribution is 2.37. The highest BCUT2D eigenvalue weighted by atomic mass is 32.2. The Hall–Kier alpha value is -6.98. The molecule has 0 aliphatic carbocycles. The van der Waals surface area contributed by atoms with Crippen LogP contribution in [-0.2, 0) is 73.8 Å². The van der Waals surface area contributed by atoms with Crippen LogP contribution in [0.5, 0.6) is 0 Å². The van der Waals surface area contributed by atoms with Gasteiger partial charge in [0.15, 0.2) is 24.6 Å². The number of hydrogen-bond donors (Lipinski definition) is 0. The van der Waals surface area contributed by atoms with Crippen LogP contribution in [0.2, 0.25) is 0 Å². The molecule has 0 radical (unpaired) electrons. The van der Waals surface area contributed by atoms with Gasteiger partial charge in [0, 0.05) is 0 Å². The van der Waals surface area contributed by atoms with E-state index in [1.807, 2.05) is 128 Å². The summed E-state index contributed by atoms with van der Waals surface area (Å²) in [4.78, 5) is 42.6. The summed E-state index contributed by atoms with van der Waals surface area (Å²) in [6, 6.07) is 64.6. The first-order valence-corrected chi connectivity index (χ1v) is 26.9. The molecule has 2 saturated heterocycles. The lowest BCUT2D eigenvalue weighted by Gasteiger charge is -2.47. The summed E-state index contributed by atoms with van der Waals surface area (Å²) in [5.41, 5.74) is 3.50. The number of thioether (sulfide) groups is 1. The maximum absolute atomic E-state index is 14.3. The molecule has 14 heteroatoms. The van der Waals surface area contributed by atoms with E-state index in [9.17, 15) is 14.4 Å². The van der Waals surface area contributed by atoms with E-state index in [4.69, 9.17) is 47.4 Å². The molecule has 2 aliphatic heterocycles. The Kier molecular flexibility index (Phi) is 20.2. The summed E-state index contributed by atoms with van der Waals surface area (Å²) >= 11 is 1.33. The Labute approximate surface area is 453 Å². The Balaban J connectivity index is 1.09. The number of carbonyl (C=O) groups excluding carboxylic acids is 3. The van der Waals surface area contributed by atoms with E-state index in [0.29, 0.717) is 12.4 Å². The highest BCUT2D eigenvalue weighted by molar-refractivity contribution is 7.99. The van der Waals surface area contributed by atoms with Gasteiger partial charge in [-0.1, -0.05) is 183 Å². The van der Waals surface area contributed by atoms with Gasteiger partial charge in [0.25, 0.3) is 0 Å². The third kappa shape index (κ3) is 15.4. The second kappa shape index (κ2) is 28.4. The standard InChI is InChI=1S/C63H62O13S/c1-2-77-63-58(76-61(66)50-36-22-9-23-37-50)56(75-60(65)49-34-20-8-21-35-49)54(74-59(64)48-32-18-7-19-33-48)52(73-63)43-71-62-57(70-41-47-30-16-6-17-31-47)55(69-40-46-28-14-5-15-29-46)53(68-39-45-26-12-4-13-27-45)51(72-62)42-67-38-44-24-10-3-11-25-44/h3-37,51-58,62-63H,2,38-43H2,1H3/t51-,52-,53-,54-,55+,56+,57-,58-,62-,63-/m1/s1. The van der Waals surface area contributed by atoms with E-state index in [2.05, 4.69) is 0 Å². The number of esters is 3. The zero-order valence-corrected chi connectivity index (χ0v) is 43.5. The van der Waals surface area contributed by atoms with Crippen molar-refractivity contribution in [3.8, 4) is 0 Å². The molecule has 0 saturated carbocycles. The third-order valence-corrected chi connectivity index (χ3v) is 14.0. The van der Waals surface area contributed by atoms with Crippen LogP contribution < -0.4 is 0 Å². The molecule has 0 aromatic heterocycles. The van der Waals surface area contributed by atoms with Crippen LogP contribution in [0, 0.1) is 0 Å². The summed E-state index contributed by atoms with van der Waals surface area (Å²) in [6.45, 7) is 2.57. The van der Waals surface area contributed by atoms with Crippen molar-refractivity contribution in [1.82, 2.24) is 0 Å². The molecule has 398 valence electrons. The zero-order valence-electron chi connectivity index (χ0n) is 42.6. The summed E-state index contributed by atoms with van der Waals surface area (Å²) in [7, 11) is 0. The first kappa shape index (κ1) is 54.8. The van der Waals surface area contributed by atoms with E-state index in [0.717, 1.165) is 22.3 Å². The van der Waals surface area contributed by atoms with Crippen molar-refractivity contribution >= 4 is 29.7 Å². The molecule has 2 aliphatic rings. The van der Waals surface area contributed by atoms with E-state index in [-0.39, 0.29) is 49.7 Å². The van der Waals surface area contributed by atoms with Gasteiger partial charge in [-0.15, -0.1) is 11.8 Å². The third-order valence-electron chi connectivity index (χ3n) is 12.9. The second-order valence-electron chi connectivity index (χ2n) is 18.4. The Morgan fingerprint density at radius 2 is 0.740 bits per heavy atom. The van der Waals surface area contributed by atoms with Crippen molar-refractivity contribution in [3.05, 3.63) is 251 Å². The van der Waals surface area contributed by atoms with Gasteiger partial charge in [0.2, 0.25) is 0 Å². The lowest BCUT2D eigenvalue weighted by Crippen LogP contribution is -2.64. The molecule has 2 heterocycles. The van der Waals surface area contributed by atoms with Crippen molar-refractivity contribution in [3.63, 3.8) is 0 Å². The molecule has 0 spiro atoms. The fraction of sp³-hybridized carbons (Fsp3) is 0.286. The lowest BCUT2D eigenvalue weighted by molar-refractivity contribution is -0.335. The first-order chi connectivity index (χ1) is 37.9. The fourth-order valence-electron chi connectivity index (χ4n) is 9.08. The average molecular weight is 1060 g/mol. The largest absolute Gasteiger partial charge is 0.452 e. The lowest BCUT2D eigenvalue weighted by atomic mass is 9.97. The monoisotopic (exact) mass is 1060 g/mol. The van der Waals surface area contributed by atoms with E-state index >= 15 is 0 Å². The molecule has 0 bridgehead atoms. The minimum absolute atomic E-state index is 0.0727. The van der Waals surface area contributed by atoms with Gasteiger partial charge >= 0.3 is 17.9 Å². The molecule has 7 aromatic carbocycles. The topological polar surface area (TPSA) is 144 Å². The second-order valence-corrected chi connectivity index (χ2v) is 19.7. The van der Waals surface area contributed by atoms with Crippen LogP contribution in [0.3, 0.4) is 0 Å². The van der Waals surface area contributed by atoms with Gasteiger partial charge in [-0.25, -0.2) is 14.4 Å². The van der Waals surface area contributed by atoms with Crippen LogP contribution >= 0.6 is 11.8 Å².